The molecule has 0 atom stereocenters. The summed E-state index contributed by atoms with van der Waals surface area (Å²) in [6, 6.07) is 10.4. The molecule has 0 aliphatic heterocycles. The zero-order valence-electron chi connectivity index (χ0n) is 10.3. The van der Waals surface area contributed by atoms with Gasteiger partial charge in [-0.05, 0) is 17.7 Å². The van der Waals surface area contributed by atoms with Gasteiger partial charge in [-0.15, -0.1) is 0 Å². The number of nitrogens with two attached hydrogens (primary N) is 1. The summed E-state index contributed by atoms with van der Waals surface area (Å²) in [4.78, 5) is 4.43. The summed E-state index contributed by atoms with van der Waals surface area (Å²) < 4.78 is 15.3. The van der Waals surface area contributed by atoms with E-state index in [0.717, 1.165) is 11.2 Å². The van der Waals surface area contributed by atoms with Gasteiger partial charge < -0.3 is 5.73 Å². The van der Waals surface area contributed by atoms with Crippen molar-refractivity contribution in [1.29, 1.82) is 0 Å². The molecule has 0 radical (unpaired) electrons. The molecule has 0 aliphatic carbocycles. The van der Waals surface area contributed by atoms with E-state index in [1.54, 1.807) is 22.7 Å². The van der Waals surface area contributed by atoms with Crippen LogP contribution in [0.2, 0.25) is 0 Å². The number of nitrogens with zero attached hydrogens (tertiary/aromatic N) is 3. The molecule has 0 saturated carbocycles. The molecule has 2 N–H and O–H groups in total. The van der Waals surface area contributed by atoms with Gasteiger partial charge in [-0.1, -0.05) is 24.3 Å². The largest absolute Gasteiger partial charge is 0.326 e. The van der Waals surface area contributed by atoms with E-state index >= 15 is 0 Å². The first-order valence-corrected chi connectivity index (χ1v) is 6.04. The van der Waals surface area contributed by atoms with Crippen LogP contribution in [0.3, 0.4) is 0 Å². The summed E-state index contributed by atoms with van der Waals surface area (Å²) in [5, 5.41) is 4.34. The molecule has 0 fully saturated rings. The lowest BCUT2D eigenvalue weighted by Gasteiger charge is -1.98. The summed E-state index contributed by atoms with van der Waals surface area (Å²) in [5.41, 5.74) is 7.91. The van der Waals surface area contributed by atoms with E-state index in [2.05, 4.69) is 10.1 Å². The second-order valence-electron chi connectivity index (χ2n) is 4.30. The van der Waals surface area contributed by atoms with Crippen molar-refractivity contribution in [2.75, 3.05) is 0 Å². The lowest BCUT2D eigenvalue weighted by molar-refractivity contribution is 0.612. The summed E-state index contributed by atoms with van der Waals surface area (Å²) in [6.45, 7) is 0.405. The number of halogens is 1. The molecule has 3 rings (SSSR count). The molecule has 1 aromatic carbocycles. The van der Waals surface area contributed by atoms with Crippen molar-refractivity contribution in [2.45, 2.75) is 13.0 Å². The van der Waals surface area contributed by atoms with E-state index < -0.39 is 0 Å². The smallest absolute Gasteiger partial charge is 0.160 e. The zero-order valence-corrected chi connectivity index (χ0v) is 10.3. The Kier molecular flexibility index (Phi) is 2.97. The van der Waals surface area contributed by atoms with Crippen LogP contribution in [-0.2, 0) is 13.0 Å². The van der Waals surface area contributed by atoms with Gasteiger partial charge in [-0.3, -0.25) is 0 Å². The first kappa shape index (κ1) is 11.8. The summed E-state index contributed by atoms with van der Waals surface area (Å²) in [7, 11) is 0. The first-order chi connectivity index (χ1) is 9.28. The standard InChI is InChI=1S/C14H13FN4/c15-12-6-2-1-4-10(12)8-13-17-14-11(9-16)5-3-7-19(14)18-13/h1-7H,8-9,16H2. The fourth-order valence-electron chi connectivity index (χ4n) is 2.05. The monoisotopic (exact) mass is 256 g/mol. The average molecular weight is 256 g/mol. The van der Waals surface area contributed by atoms with Crippen molar-refractivity contribution in [2.24, 2.45) is 5.73 Å². The Morgan fingerprint density at radius 1 is 1.11 bits per heavy atom. The molecule has 5 heteroatoms. The maximum Gasteiger partial charge on any atom is 0.160 e. The summed E-state index contributed by atoms with van der Waals surface area (Å²) in [6.07, 6.45) is 2.19. The van der Waals surface area contributed by atoms with Crippen molar-refractivity contribution in [3.8, 4) is 0 Å². The number of rotatable bonds is 3. The molecule has 0 amide bonds. The van der Waals surface area contributed by atoms with Gasteiger partial charge in [0, 0.05) is 24.7 Å². The highest BCUT2D eigenvalue weighted by molar-refractivity contribution is 5.47. The molecule has 0 saturated heterocycles. The normalized spacial score (nSPS) is 11.1. The Hall–Kier alpha value is -2.27. The van der Waals surface area contributed by atoms with E-state index in [1.807, 2.05) is 18.3 Å². The second kappa shape index (κ2) is 4.78. The Bertz CT molecular complexity index is 720. The van der Waals surface area contributed by atoms with Gasteiger partial charge >= 0.3 is 0 Å². The van der Waals surface area contributed by atoms with Gasteiger partial charge in [-0.2, -0.15) is 5.10 Å². The van der Waals surface area contributed by atoms with Crippen molar-refractivity contribution >= 4 is 5.65 Å². The topological polar surface area (TPSA) is 56.2 Å². The highest BCUT2D eigenvalue weighted by atomic mass is 19.1. The number of benzene rings is 1. The van der Waals surface area contributed by atoms with E-state index in [4.69, 9.17) is 5.73 Å². The highest BCUT2D eigenvalue weighted by Crippen LogP contribution is 2.13. The van der Waals surface area contributed by atoms with Crippen molar-refractivity contribution in [3.05, 3.63) is 65.4 Å². The predicted octanol–water partition coefficient (Wildman–Crippen LogP) is 1.92. The van der Waals surface area contributed by atoms with Crippen molar-refractivity contribution in [1.82, 2.24) is 14.6 Å². The van der Waals surface area contributed by atoms with Gasteiger partial charge in [0.1, 0.15) is 5.82 Å². The van der Waals surface area contributed by atoms with Crippen LogP contribution < -0.4 is 5.73 Å². The van der Waals surface area contributed by atoms with Gasteiger partial charge in [0.2, 0.25) is 0 Å². The molecular formula is C14H13FN4. The first-order valence-electron chi connectivity index (χ1n) is 6.04. The quantitative estimate of drug-likeness (QED) is 0.779. The van der Waals surface area contributed by atoms with E-state index in [-0.39, 0.29) is 5.82 Å². The molecule has 4 nitrogen and oxygen atoms in total. The maximum absolute atomic E-state index is 13.6. The number of hydrogen-bond acceptors (Lipinski definition) is 3. The van der Waals surface area contributed by atoms with Crippen LogP contribution in [0.15, 0.2) is 42.6 Å². The molecule has 0 spiro atoms. The van der Waals surface area contributed by atoms with Gasteiger partial charge in [0.15, 0.2) is 11.5 Å². The van der Waals surface area contributed by atoms with Crippen molar-refractivity contribution < 1.29 is 4.39 Å². The fraction of sp³-hybridized carbons (Fsp3) is 0.143. The molecule has 19 heavy (non-hydrogen) atoms. The second-order valence-corrected chi connectivity index (χ2v) is 4.30. The molecule has 0 unspecified atom stereocenters. The SMILES string of the molecule is NCc1cccn2nc(Cc3ccccc3F)nc12. The van der Waals surface area contributed by atoms with Crippen LogP contribution >= 0.6 is 0 Å². The molecule has 2 heterocycles. The molecule has 96 valence electrons. The van der Waals surface area contributed by atoms with Crippen LogP contribution in [0.25, 0.3) is 5.65 Å². The van der Waals surface area contributed by atoms with Crippen molar-refractivity contribution in [3.63, 3.8) is 0 Å². The average Bonchev–Trinajstić information content (AvgIpc) is 2.83. The van der Waals surface area contributed by atoms with E-state index in [1.165, 1.54) is 6.07 Å². The van der Waals surface area contributed by atoms with E-state index in [0.29, 0.717) is 24.4 Å². The minimum atomic E-state index is -0.236. The van der Waals surface area contributed by atoms with Gasteiger partial charge in [0.05, 0.1) is 0 Å². The minimum Gasteiger partial charge on any atom is -0.326 e. The van der Waals surface area contributed by atoms with Crippen LogP contribution in [-0.4, -0.2) is 14.6 Å². The molecule has 0 aliphatic rings. The van der Waals surface area contributed by atoms with Crippen LogP contribution in [0.1, 0.15) is 17.0 Å². The van der Waals surface area contributed by atoms with Gasteiger partial charge in [0.25, 0.3) is 0 Å². The zero-order chi connectivity index (χ0) is 13.2. The molecule has 3 aromatic rings. The minimum absolute atomic E-state index is 0.236. The Morgan fingerprint density at radius 3 is 2.68 bits per heavy atom. The third-order valence-corrected chi connectivity index (χ3v) is 3.01. The van der Waals surface area contributed by atoms with Crippen LogP contribution in [0, 0.1) is 5.82 Å². The third kappa shape index (κ3) is 2.20. The highest BCUT2D eigenvalue weighted by Gasteiger charge is 2.09. The lowest BCUT2D eigenvalue weighted by atomic mass is 10.1. The maximum atomic E-state index is 13.6. The number of aromatic nitrogens is 3. The summed E-state index contributed by atoms with van der Waals surface area (Å²) >= 11 is 0. The Labute approximate surface area is 109 Å². The fourth-order valence-corrected chi connectivity index (χ4v) is 2.05. The summed E-state index contributed by atoms with van der Waals surface area (Å²) in [5.74, 6) is 0.353. The Morgan fingerprint density at radius 2 is 1.89 bits per heavy atom. The van der Waals surface area contributed by atoms with Crippen LogP contribution in [0.5, 0.6) is 0 Å². The molecular weight excluding hydrogens is 243 g/mol. The lowest BCUT2D eigenvalue weighted by Crippen LogP contribution is -1.99. The number of hydrogen-bond donors (Lipinski definition) is 1. The number of pyridine rings is 1. The van der Waals surface area contributed by atoms with E-state index in [9.17, 15) is 4.39 Å². The molecule has 2 aromatic heterocycles. The predicted molar refractivity (Wildman–Crippen MR) is 70.1 cm³/mol. The third-order valence-electron chi connectivity index (χ3n) is 3.01. The van der Waals surface area contributed by atoms with Crippen LogP contribution in [0.4, 0.5) is 4.39 Å². The number of fused-ring (bicyclic) bond motifs is 1. The van der Waals surface area contributed by atoms with Gasteiger partial charge in [-0.25, -0.2) is 13.9 Å². The Balaban J connectivity index is 2.00. The molecule has 0 bridgehead atoms.